The number of hydrogen-bond donors (Lipinski definition) is 1. The molecule has 1 fully saturated rings. The normalized spacial score (nSPS) is 18.6. The summed E-state index contributed by atoms with van der Waals surface area (Å²) < 4.78 is 0. The molecule has 1 atom stereocenters. The summed E-state index contributed by atoms with van der Waals surface area (Å²) in [6.45, 7) is 6.69. The topological polar surface area (TPSA) is 32.3 Å². The minimum atomic E-state index is 0.0595. The largest absolute Gasteiger partial charge is 0.334 e. The van der Waals surface area contributed by atoms with Crippen LogP contribution in [0.15, 0.2) is 18.2 Å². The van der Waals surface area contributed by atoms with Gasteiger partial charge in [-0.3, -0.25) is 4.79 Å². The van der Waals surface area contributed by atoms with Gasteiger partial charge in [-0.25, -0.2) is 0 Å². The molecule has 0 aromatic heterocycles. The van der Waals surface area contributed by atoms with E-state index in [1.807, 2.05) is 30.0 Å². The van der Waals surface area contributed by atoms with Crippen LogP contribution >= 0.6 is 11.6 Å². The molecule has 1 N–H and O–H groups in total. The number of benzene rings is 1. The molecule has 1 aromatic carbocycles. The van der Waals surface area contributed by atoms with Crippen LogP contribution in [-0.4, -0.2) is 36.5 Å². The SMILES string of the molecule is CCCN(C(=O)c1cccc(C)c1Cl)C1CCNC1. The Labute approximate surface area is 119 Å². The highest BCUT2D eigenvalue weighted by atomic mass is 35.5. The van der Waals surface area contributed by atoms with Crippen molar-refractivity contribution < 1.29 is 4.79 Å². The maximum Gasteiger partial charge on any atom is 0.255 e. The summed E-state index contributed by atoms with van der Waals surface area (Å²) in [5.74, 6) is 0.0595. The number of carbonyl (C=O) groups excluding carboxylic acids is 1. The Morgan fingerprint density at radius 2 is 2.32 bits per heavy atom. The van der Waals surface area contributed by atoms with Crippen LogP contribution in [-0.2, 0) is 0 Å². The molecular weight excluding hydrogens is 260 g/mol. The average Bonchev–Trinajstić information content (AvgIpc) is 2.92. The Hall–Kier alpha value is -1.06. The van der Waals surface area contributed by atoms with Gasteiger partial charge in [-0.1, -0.05) is 30.7 Å². The molecule has 0 radical (unpaired) electrons. The van der Waals surface area contributed by atoms with Crippen molar-refractivity contribution in [2.45, 2.75) is 32.7 Å². The van der Waals surface area contributed by atoms with E-state index < -0.39 is 0 Å². The van der Waals surface area contributed by atoms with Crippen LogP contribution in [0.2, 0.25) is 5.02 Å². The molecule has 19 heavy (non-hydrogen) atoms. The van der Waals surface area contributed by atoms with Crippen LogP contribution in [0.1, 0.15) is 35.7 Å². The summed E-state index contributed by atoms with van der Waals surface area (Å²) in [5, 5.41) is 3.90. The fourth-order valence-electron chi connectivity index (χ4n) is 2.56. The highest BCUT2D eigenvalue weighted by Crippen LogP contribution is 2.23. The van der Waals surface area contributed by atoms with Crippen molar-refractivity contribution in [3.63, 3.8) is 0 Å². The quantitative estimate of drug-likeness (QED) is 0.920. The van der Waals surface area contributed by atoms with E-state index in [9.17, 15) is 4.79 Å². The number of rotatable bonds is 4. The first-order valence-corrected chi connectivity index (χ1v) is 7.29. The minimum absolute atomic E-state index is 0.0595. The second-order valence-electron chi connectivity index (χ2n) is 5.08. The summed E-state index contributed by atoms with van der Waals surface area (Å²) in [4.78, 5) is 14.7. The average molecular weight is 281 g/mol. The van der Waals surface area contributed by atoms with Crippen LogP contribution in [0, 0.1) is 6.92 Å². The number of aryl methyl sites for hydroxylation is 1. The number of amides is 1. The number of carbonyl (C=O) groups is 1. The Morgan fingerprint density at radius 3 is 2.95 bits per heavy atom. The third kappa shape index (κ3) is 3.10. The van der Waals surface area contributed by atoms with Gasteiger partial charge in [0.1, 0.15) is 0 Å². The van der Waals surface area contributed by atoms with Crippen molar-refractivity contribution in [2.75, 3.05) is 19.6 Å². The summed E-state index contributed by atoms with van der Waals surface area (Å²) in [6, 6.07) is 5.94. The van der Waals surface area contributed by atoms with E-state index >= 15 is 0 Å². The van der Waals surface area contributed by atoms with E-state index in [1.54, 1.807) is 0 Å². The van der Waals surface area contributed by atoms with Gasteiger partial charge in [0.15, 0.2) is 0 Å². The summed E-state index contributed by atoms with van der Waals surface area (Å²) >= 11 is 6.28. The molecule has 1 saturated heterocycles. The molecule has 1 aliphatic rings. The summed E-state index contributed by atoms with van der Waals surface area (Å²) in [5.41, 5.74) is 1.58. The van der Waals surface area contributed by atoms with E-state index in [4.69, 9.17) is 11.6 Å². The standard InChI is InChI=1S/C15H21ClN2O/c1-3-9-18(12-7-8-17-10-12)15(19)13-6-4-5-11(2)14(13)16/h4-6,12,17H,3,7-10H2,1-2H3. The molecule has 4 heteroatoms. The highest BCUT2D eigenvalue weighted by Gasteiger charge is 2.27. The number of hydrogen-bond acceptors (Lipinski definition) is 2. The maximum absolute atomic E-state index is 12.7. The molecule has 2 rings (SSSR count). The lowest BCUT2D eigenvalue weighted by molar-refractivity contribution is 0.0692. The molecule has 1 heterocycles. The number of nitrogens with zero attached hydrogens (tertiary/aromatic N) is 1. The van der Waals surface area contributed by atoms with Crippen molar-refractivity contribution >= 4 is 17.5 Å². The van der Waals surface area contributed by atoms with Gasteiger partial charge in [0.05, 0.1) is 10.6 Å². The van der Waals surface area contributed by atoms with Crippen molar-refractivity contribution in [2.24, 2.45) is 0 Å². The van der Waals surface area contributed by atoms with Crippen molar-refractivity contribution in [3.8, 4) is 0 Å². The van der Waals surface area contributed by atoms with Gasteiger partial charge < -0.3 is 10.2 Å². The summed E-state index contributed by atoms with van der Waals surface area (Å²) in [7, 11) is 0. The van der Waals surface area contributed by atoms with Crippen LogP contribution in [0.4, 0.5) is 0 Å². The molecular formula is C15H21ClN2O. The number of halogens is 1. The molecule has 0 aliphatic carbocycles. The molecule has 0 spiro atoms. The van der Waals surface area contributed by atoms with E-state index in [1.165, 1.54) is 0 Å². The lowest BCUT2D eigenvalue weighted by atomic mass is 10.1. The lowest BCUT2D eigenvalue weighted by Gasteiger charge is -2.28. The van der Waals surface area contributed by atoms with Crippen molar-refractivity contribution in [1.82, 2.24) is 10.2 Å². The van der Waals surface area contributed by atoms with Crippen LogP contribution in [0.5, 0.6) is 0 Å². The zero-order valence-electron chi connectivity index (χ0n) is 11.6. The fraction of sp³-hybridized carbons (Fsp3) is 0.533. The Balaban J connectivity index is 2.25. The minimum Gasteiger partial charge on any atom is -0.334 e. The van der Waals surface area contributed by atoms with E-state index in [2.05, 4.69) is 12.2 Å². The molecule has 104 valence electrons. The number of nitrogens with one attached hydrogen (secondary N) is 1. The maximum atomic E-state index is 12.7. The zero-order chi connectivity index (χ0) is 13.8. The van der Waals surface area contributed by atoms with E-state index in [0.717, 1.165) is 38.0 Å². The van der Waals surface area contributed by atoms with Gasteiger partial charge in [0.25, 0.3) is 5.91 Å². The van der Waals surface area contributed by atoms with Gasteiger partial charge in [-0.2, -0.15) is 0 Å². The molecule has 1 aliphatic heterocycles. The van der Waals surface area contributed by atoms with Gasteiger partial charge in [-0.05, 0) is 37.9 Å². The third-order valence-corrected chi connectivity index (χ3v) is 4.12. The van der Waals surface area contributed by atoms with Crippen LogP contribution < -0.4 is 5.32 Å². The first-order valence-electron chi connectivity index (χ1n) is 6.92. The van der Waals surface area contributed by atoms with Crippen molar-refractivity contribution in [3.05, 3.63) is 34.3 Å². The van der Waals surface area contributed by atoms with Crippen molar-refractivity contribution in [1.29, 1.82) is 0 Å². The van der Waals surface area contributed by atoms with Crippen LogP contribution in [0.25, 0.3) is 0 Å². The fourth-order valence-corrected chi connectivity index (χ4v) is 2.77. The second-order valence-corrected chi connectivity index (χ2v) is 5.46. The zero-order valence-corrected chi connectivity index (χ0v) is 12.3. The Kier molecular flexibility index (Phi) is 4.83. The molecule has 1 unspecified atom stereocenters. The van der Waals surface area contributed by atoms with Gasteiger partial charge in [0.2, 0.25) is 0 Å². The van der Waals surface area contributed by atoms with Gasteiger partial charge >= 0.3 is 0 Å². The Bertz CT molecular complexity index is 455. The highest BCUT2D eigenvalue weighted by molar-refractivity contribution is 6.34. The van der Waals surface area contributed by atoms with Gasteiger partial charge in [0, 0.05) is 19.1 Å². The van der Waals surface area contributed by atoms with E-state index in [0.29, 0.717) is 16.6 Å². The van der Waals surface area contributed by atoms with Crippen LogP contribution in [0.3, 0.4) is 0 Å². The van der Waals surface area contributed by atoms with E-state index in [-0.39, 0.29) is 5.91 Å². The molecule has 0 saturated carbocycles. The Morgan fingerprint density at radius 1 is 1.53 bits per heavy atom. The smallest absolute Gasteiger partial charge is 0.255 e. The molecule has 0 bridgehead atoms. The van der Waals surface area contributed by atoms with Gasteiger partial charge in [-0.15, -0.1) is 0 Å². The monoisotopic (exact) mass is 280 g/mol. The molecule has 1 aromatic rings. The first-order chi connectivity index (χ1) is 9.15. The second kappa shape index (κ2) is 6.40. The first kappa shape index (κ1) is 14.4. The molecule has 1 amide bonds. The molecule has 3 nitrogen and oxygen atoms in total. The summed E-state index contributed by atoms with van der Waals surface area (Å²) in [6.07, 6.45) is 1.99. The predicted molar refractivity (Wildman–Crippen MR) is 78.8 cm³/mol. The predicted octanol–water partition coefficient (Wildman–Crippen LogP) is 2.86. The lowest BCUT2D eigenvalue weighted by Crippen LogP contribution is -2.42. The third-order valence-electron chi connectivity index (χ3n) is 3.62.